The largest absolute Gasteiger partial charge is 0.392 e. The smallest absolute Gasteiger partial charge is 0.313 e. The number of aryl methyl sites for hydroxylation is 1. The van der Waals surface area contributed by atoms with Gasteiger partial charge in [-0.15, -0.1) is 0 Å². The molecular formula is C17H26N2O3. The van der Waals surface area contributed by atoms with Crippen LogP contribution in [-0.4, -0.2) is 29.6 Å². The lowest BCUT2D eigenvalue weighted by Crippen LogP contribution is -2.46. The van der Waals surface area contributed by atoms with E-state index in [2.05, 4.69) is 10.6 Å². The third kappa shape index (κ3) is 4.84. The van der Waals surface area contributed by atoms with Crippen molar-refractivity contribution in [1.29, 1.82) is 0 Å². The first-order valence-electron chi connectivity index (χ1n) is 7.48. The normalized spacial score (nSPS) is 12.9. The lowest BCUT2D eigenvalue weighted by Gasteiger charge is -2.33. The first kappa shape index (κ1) is 18.2. The van der Waals surface area contributed by atoms with E-state index in [1.165, 1.54) is 0 Å². The molecule has 0 bridgehead atoms. The minimum atomic E-state index is -0.705. The fourth-order valence-electron chi connectivity index (χ4n) is 2.29. The Morgan fingerprint density at radius 3 is 2.32 bits per heavy atom. The Morgan fingerprint density at radius 2 is 1.77 bits per heavy atom. The summed E-state index contributed by atoms with van der Waals surface area (Å²) in [5.74, 6) is -1.33. The van der Waals surface area contributed by atoms with Gasteiger partial charge in [-0.1, -0.05) is 45.9 Å². The van der Waals surface area contributed by atoms with Gasteiger partial charge in [0.2, 0.25) is 0 Å². The molecule has 3 N–H and O–H groups in total. The van der Waals surface area contributed by atoms with Gasteiger partial charge in [-0.05, 0) is 24.5 Å². The van der Waals surface area contributed by atoms with Gasteiger partial charge in [0.1, 0.15) is 0 Å². The number of carbonyl (C=O) groups is 2. The third-order valence-corrected chi connectivity index (χ3v) is 3.74. The molecule has 2 amide bonds. The Morgan fingerprint density at radius 1 is 1.18 bits per heavy atom. The molecule has 0 aliphatic heterocycles. The number of para-hydroxylation sites is 1. The minimum absolute atomic E-state index is 0.0766. The Kier molecular flexibility index (Phi) is 6.11. The highest BCUT2D eigenvalue weighted by Crippen LogP contribution is 2.25. The molecule has 0 aliphatic carbocycles. The second-order valence-electron chi connectivity index (χ2n) is 6.63. The molecule has 1 rings (SSSR count). The average Bonchev–Trinajstić information content (AvgIpc) is 2.46. The minimum Gasteiger partial charge on any atom is -0.392 e. The van der Waals surface area contributed by atoms with Gasteiger partial charge in [-0.2, -0.15) is 0 Å². The maximum atomic E-state index is 11.9. The molecule has 1 aromatic rings. The van der Waals surface area contributed by atoms with Gasteiger partial charge in [-0.3, -0.25) is 9.59 Å². The van der Waals surface area contributed by atoms with Gasteiger partial charge in [0.15, 0.2) is 0 Å². The van der Waals surface area contributed by atoms with Crippen LogP contribution in [0.4, 0.5) is 5.69 Å². The van der Waals surface area contributed by atoms with Crippen molar-refractivity contribution >= 4 is 17.5 Å². The number of anilines is 1. The molecule has 1 unspecified atom stereocenters. The van der Waals surface area contributed by atoms with Crippen molar-refractivity contribution < 1.29 is 14.7 Å². The maximum Gasteiger partial charge on any atom is 0.313 e. The van der Waals surface area contributed by atoms with Crippen molar-refractivity contribution in [3.8, 4) is 0 Å². The van der Waals surface area contributed by atoms with Crippen LogP contribution >= 0.6 is 0 Å². The first-order chi connectivity index (χ1) is 10.1. The number of benzene rings is 1. The second-order valence-corrected chi connectivity index (χ2v) is 6.63. The molecule has 0 radical (unpaired) electrons. The predicted octanol–water partition coefficient (Wildman–Crippen LogP) is 2.09. The van der Waals surface area contributed by atoms with Crippen molar-refractivity contribution in [1.82, 2.24) is 5.32 Å². The zero-order valence-electron chi connectivity index (χ0n) is 13.9. The predicted molar refractivity (Wildman–Crippen MR) is 87.4 cm³/mol. The maximum absolute atomic E-state index is 11.9. The van der Waals surface area contributed by atoms with Crippen LogP contribution in [0.15, 0.2) is 24.3 Å². The molecule has 1 aromatic carbocycles. The van der Waals surface area contributed by atoms with E-state index in [0.717, 1.165) is 5.56 Å². The standard InChI is InChI=1S/C17H26N2O3/c1-11(2)14(20)17(4,5)10-18-15(21)16(22)19-13-9-7-6-8-12(13)3/h6-9,11,14,20H,10H2,1-5H3,(H,18,21)(H,19,22). The van der Waals surface area contributed by atoms with Gasteiger partial charge in [0, 0.05) is 17.6 Å². The number of rotatable bonds is 5. The number of aliphatic hydroxyl groups is 1. The average molecular weight is 306 g/mol. The van der Waals surface area contributed by atoms with E-state index < -0.39 is 23.3 Å². The van der Waals surface area contributed by atoms with Crippen LogP contribution in [0.2, 0.25) is 0 Å². The summed E-state index contributed by atoms with van der Waals surface area (Å²) in [5, 5.41) is 15.3. The number of amides is 2. The lowest BCUT2D eigenvalue weighted by atomic mass is 9.81. The summed E-state index contributed by atoms with van der Waals surface area (Å²) in [4.78, 5) is 23.8. The summed E-state index contributed by atoms with van der Waals surface area (Å²) in [6, 6.07) is 7.26. The zero-order chi connectivity index (χ0) is 16.9. The zero-order valence-corrected chi connectivity index (χ0v) is 13.9. The first-order valence-corrected chi connectivity index (χ1v) is 7.48. The third-order valence-electron chi connectivity index (χ3n) is 3.74. The SMILES string of the molecule is Cc1ccccc1NC(=O)C(=O)NCC(C)(C)C(O)C(C)C. The molecule has 22 heavy (non-hydrogen) atoms. The van der Waals surface area contributed by atoms with Gasteiger partial charge < -0.3 is 15.7 Å². The number of hydrogen-bond donors (Lipinski definition) is 3. The lowest BCUT2D eigenvalue weighted by molar-refractivity contribution is -0.136. The molecule has 5 nitrogen and oxygen atoms in total. The molecule has 0 heterocycles. The number of carbonyl (C=O) groups excluding carboxylic acids is 2. The molecule has 122 valence electrons. The fourth-order valence-corrected chi connectivity index (χ4v) is 2.29. The van der Waals surface area contributed by atoms with Gasteiger partial charge in [-0.25, -0.2) is 0 Å². The monoisotopic (exact) mass is 306 g/mol. The van der Waals surface area contributed by atoms with Gasteiger partial charge in [0.25, 0.3) is 0 Å². The highest BCUT2D eigenvalue weighted by Gasteiger charge is 2.31. The van der Waals surface area contributed by atoms with Crippen LogP contribution in [0, 0.1) is 18.3 Å². The van der Waals surface area contributed by atoms with Crippen LogP contribution in [0.5, 0.6) is 0 Å². The topological polar surface area (TPSA) is 78.4 Å². The number of aliphatic hydroxyl groups excluding tert-OH is 1. The molecule has 5 heteroatoms. The molecule has 0 spiro atoms. The van der Waals surface area contributed by atoms with Crippen molar-refractivity contribution in [2.24, 2.45) is 11.3 Å². The van der Waals surface area contributed by atoms with Crippen molar-refractivity contribution in [3.63, 3.8) is 0 Å². The van der Waals surface area contributed by atoms with Crippen molar-refractivity contribution in [2.45, 2.75) is 40.7 Å². The summed E-state index contributed by atoms with van der Waals surface area (Å²) in [5.41, 5.74) is 0.996. The molecule has 0 saturated heterocycles. The second kappa shape index (κ2) is 7.40. The van der Waals surface area contributed by atoms with Gasteiger partial charge in [0.05, 0.1) is 6.10 Å². The summed E-state index contributed by atoms with van der Waals surface area (Å²) >= 11 is 0. The van der Waals surface area contributed by atoms with E-state index >= 15 is 0 Å². The Bertz CT molecular complexity index is 538. The summed E-state index contributed by atoms with van der Waals surface area (Å²) in [6.45, 7) is 9.63. The van der Waals surface area contributed by atoms with Crippen LogP contribution < -0.4 is 10.6 Å². The fraction of sp³-hybridized carbons (Fsp3) is 0.529. The molecule has 1 atom stereocenters. The summed E-state index contributed by atoms with van der Waals surface area (Å²) in [7, 11) is 0. The highest BCUT2D eigenvalue weighted by atomic mass is 16.3. The van der Waals surface area contributed by atoms with Crippen molar-refractivity contribution in [2.75, 3.05) is 11.9 Å². The van der Waals surface area contributed by atoms with Crippen LogP contribution in [0.3, 0.4) is 0 Å². The van der Waals surface area contributed by atoms with Crippen LogP contribution in [0.1, 0.15) is 33.3 Å². The molecule has 0 fully saturated rings. The molecule has 0 aliphatic rings. The summed E-state index contributed by atoms with van der Waals surface area (Å²) in [6.07, 6.45) is -0.563. The Balaban J connectivity index is 2.59. The molecule has 0 aromatic heterocycles. The summed E-state index contributed by atoms with van der Waals surface area (Å²) < 4.78 is 0. The van der Waals surface area contributed by atoms with Gasteiger partial charge >= 0.3 is 11.8 Å². The number of hydrogen-bond acceptors (Lipinski definition) is 3. The van der Waals surface area contributed by atoms with Crippen LogP contribution in [0.25, 0.3) is 0 Å². The van der Waals surface area contributed by atoms with E-state index in [4.69, 9.17) is 0 Å². The van der Waals surface area contributed by atoms with E-state index in [1.807, 2.05) is 46.8 Å². The highest BCUT2D eigenvalue weighted by molar-refractivity contribution is 6.39. The Labute approximate surface area is 132 Å². The quantitative estimate of drug-likeness (QED) is 0.729. The van der Waals surface area contributed by atoms with E-state index in [1.54, 1.807) is 12.1 Å². The molecular weight excluding hydrogens is 280 g/mol. The molecule has 0 saturated carbocycles. The van der Waals surface area contributed by atoms with E-state index in [9.17, 15) is 14.7 Å². The van der Waals surface area contributed by atoms with Crippen molar-refractivity contribution in [3.05, 3.63) is 29.8 Å². The number of nitrogens with one attached hydrogen (secondary N) is 2. The van der Waals surface area contributed by atoms with E-state index in [0.29, 0.717) is 5.69 Å². The van der Waals surface area contributed by atoms with Crippen LogP contribution in [-0.2, 0) is 9.59 Å². The van der Waals surface area contributed by atoms with E-state index in [-0.39, 0.29) is 12.5 Å². The Hall–Kier alpha value is -1.88.